The second-order valence-electron chi connectivity index (χ2n) is 6.54. The zero-order valence-electron chi connectivity index (χ0n) is 16.7. The molecule has 0 radical (unpaired) electrons. The number of halogens is 3. The van der Waals surface area contributed by atoms with Gasteiger partial charge in [-0.25, -0.2) is 10.2 Å². The van der Waals surface area contributed by atoms with Crippen molar-refractivity contribution in [3.05, 3.63) is 92.9 Å². The summed E-state index contributed by atoms with van der Waals surface area (Å²) in [6.07, 6.45) is 0.624. The Morgan fingerprint density at radius 2 is 1.66 bits per heavy atom. The molecule has 0 saturated carbocycles. The zero-order chi connectivity index (χ0) is 23.1. The van der Waals surface area contributed by atoms with Crippen molar-refractivity contribution in [2.45, 2.75) is 13.0 Å². The third-order valence-corrected chi connectivity index (χ3v) is 4.87. The second kappa shape index (κ2) is 11.0. The van der Waals surface area contributed by atoms with Gasteiger partial charge in [-0.3, -0.25) is 4.79 Å². The Morgan fingerprint density at radius 1 is 0.938 bits per heavy atom. The molecule has 0 aliphatic heterocycles. The highest BCUT2D eigenvalue weighted by Crippen LogP contribution is 2.23. The van der Waals surface area contributed by atoms with E-state index in [0.29, 0.717) is 21.4 Å². The zero-order valence-corrected chi connectivity index (χ0v) is 19.0. The normalized spacial score (nSPS) is 11.8. The smallest absolute Gasteiger partial charge is 0.345 e. The predicted octanol–water partition coefficient (Wildman–Crippen LogP) is 5.78. The maximum absolute atomic E-state index is 12.3. The van der Waals surface area contributed by atoms with Gasteiger partial charge in [0.05, 0.1) is 16.8 Å². The average Bonchev–Trinajstić information content (AvgIpc) is 2.74. The molecule has 9 heteroatoms. The summed E-state index contributed by atoms with van der Waals surface area (Å²) >= 11 is 17.8. The Morgan fingerprint density at radius 3 is 2.41 bits per heavy atom. The van der Waals surface area contributed by atoms with Crippen molar-refractivity contribution in [1.29, 1.82) is 0 Å². The molecule has 32 heavy (non-hydrogen) atoms. The number of nitrogens with one attached hydrogen (secondary N) is 1. The Balaban J connectivity index is 1.57. The first-order chi connectivity index (χ1) is 15.3. The van der Waals surface area contributed by atoms with E-state index < -0.39 is 18.0 Å². The summed E-state index contributed by atoms with van der Waals surface area (Å²) in [6.45, 7) is 1.59. The molecule has 3 aromatic carbocycles. The topological polar surface area (TPSA) is 77.0 Å². The molecule has 0 heterocycles. The monoisotopic (exact) mass is 490 g/mol. The van der Waals surface area contributed by atoms with Crippen molar-refractivity contribution >= 4 is 52.9 Å². The lowest BCUT2D eigenvalue weighted by molar-refractivity contribution is -0.127. The summed E-state index contributed by atoms with van der Waals surface area (Å²) in [5.41, 5.74) is 3.19. The van der Waals surface area contributed by atoms with Crippen molar-refractivity contribution in [1.82, 2.24) is 5.43 Å². The molecule has 164 valence electrons. The standard InChI is InChI=1S/C23H17Cl3N2O4/c1-14(31-19-7-3-5-16(24)11-19)22(29)28-27-13-15-4-2-6-18(10-15)32-23(30)20-9-8-17(25)12-21(20)26/h2-14H,1H3,(H,28,29). The molecule has 1 N–H and O–H groups in total. The number of ether oxygens (including phenoxy) is 2. The van der Waals surface area contributed by atoms with Crippen LogP contribution in [-0.2, 0) is 4.79 Å². The molecule has 3 aromatic rings. The Bertz CT molecular complexity index is 1170. The number of carbonyl (C=O) groups excluding carboxylic acids is 2. The maximum atomic E-state index is 12.3. The van der Waals surface area contributed by atoms with Gasteiger partial charge in [-0.05, 0) is 61.0 Å². The summed E-state index contributed by atoms with van der Waals surface area (Å²) < 4.78 is 10.9. The summed E-state index contributed by atoms with van der Waals surface area (Å²) in [6, 6.07) is 17.8. The largest absolute Gasteiger partial charge is 0.481 e. The number of amides is 1. The van der Waals surface area contributed by atoms with Crippen LogP contribution < -0.4 is 14.9 Å². The van der Waals surface area contributed by atoms with Gasteiger partial charge in [0.1, 0.15) is 11.5 Å². The highest BCUT2D eigenvalue weighted by Gasteiger charge is 2.15. The number of rotatable bonds is 7. The molecule has 3 rings (SSSR count). The van der Waals surface area contributed by atoms with Crippen LogP contribution in [0.5, 0.6) is 11.5 Å². The van der Waals surface area contributed by atoms with Crippen molar-refractivity contribution in [2.24, 2.45) is 5.10 Å². The van der Waals surface area contributed by atoms with E-state index in [9.17, 15) is 9.59 Å². The fraction of sp³-hybridized carbons (Fsp3) is 0.0870. The molecule has 0 fully saturated rings. The van der Waals surface area contributed by atoms with Crippen LogP contribution in [0.15, 0.2) is 71.8 Å². The molecule has 6 nitrogen and oxygen atoms in total. The number of hydrogen-bond donors (Lipinski definition) is 1. The van der Waals surface area contributed by atoms with E-state index in [1.165, 1.54) is 18.3 Å². The fourth-order valence-corrected chi connectivity index (χ4v) is 3.20. The lowest BCUT2D eigenvalue weighted by atomic mass is 10.2. The van der Waals surface area contributed by atoms with E-state index in [2.05, 4.69) is 10.5 Å². The molecule has 0 bridgehead atoms. The van der Waals surface area contributed by atoms with E-state index in [0.717, 1.165) is 0 Å². The van der Waals surface area contributed by atoms with Crippen LogP contribution in [-0.4, -0.2) is 24.2 Å². The van der Waals surface area contributed by atoms with Gasteiger partial charge in [-0.2, -0.15) is 5.10 Å². The number of nitrogens with zero attached hydrogens (tertiary/aromatic N) is 1. The minimum Gasteiger partial charge on any atom is -0.481 e. The first-order valence-corrected chi connectivity index (χ1v) is 10.5. The van der Waals surface area contributed by atoms with Gasteiger partial charge in [0.25, 0.3) is 5.91 Å². The van der Waals surface area contributed by atoms with Gasteiger partial charge < -0.3 is 9.47 Å². The van der Waals surface area contributed by atoms with Gasteiger partial charge in [0, 0.05) is 10.0 Å². The molecule has 1 unspecified atom stereocenters. The van der Waals surface area contributed by atoms with Crippen molar-refractivity contribution in [3.8, 4) is 11.5 Å². The molecule has 0 aromatic heterocycles. The third-order valence-electron chi connectivity index (χ3n) is 4.09. The number of esters is 1. The van der Waals surface area contributed by atoms with E-state index in [1.807, 2.05) is 0 Å². The molecule has 0 spiro atoms. The minimum atomic E-state index is -0.790. The maximum Gasteiger partial charge on any atom is 0.345 e. The quantitative estimate of drug-likeness (QED) is 0.197. The van der Waals surface area contributed by atoms with Crippen molar-refractivity contribution in [2.75, 3.05) is 0 Å². The Kier molecular flexibility index (Phi) is 8.11. The minimum absolute atomic E-state index is 0.191. The van der Waals surface area contributed by atoms with Crippen LogP contribution in [0.3, 0.4) is 0 Å². The lowest BCUT2D eigenvalue weighted by Crippen LogP contribution is -2.33. The van der Waals surface area contributed by atoms with Crippen LogP contribution in [0.2, 0.25) is 15.1 Å². The van der Waals surface area contributed by atoms with E-state index in [1.54, 1.807) is 61.5 Å². The highest BCUT2D eigenvalue weighted by molar-refractivity contribution is 6.36. The molecular formula is C23H17Cl3N2O4. The average molecular weight is 492 g/mol. The number of hydrogen-bond acceptors (Lipinski definition) is 5. The molecule has 1 amide bonds. The molecule has 0 aliphatic rings. The summed E-state index contributed by atoms with van der Waals surface area (Å²) in [4.78, 5) is 24.5. The van der Waals surface area contributed by atoms with Crippen LogP contribution in [0.25, 0.3) is 0 Å². The van der Waals surface area contributed by atoms with E-state index in [-0.39, 0.29) is 16.3 Å². The summed E-state index contributed by atoms with van der Waals surface area (Å²) in [5.74, 6) is -0.310. The van der Waals surface area contributed by atoms with Crippen LogP contribution in [0.4, 0.5) is 0 Å². The van der Waals surface area contributed by atoms with Crippen LogP contribution in [0, 0.1) is 0 Å². The van der Waals surface area contributed by atoms with Gasteiger partial charge in [-0.15, -0.1) is 0 Å². The van der Waals surface area contributed by atoms with Gasteiger partial charge in [0.15, 0.2) is 6.10 Å². The first kappa shape index (κ1) is 23.6. The lowest BCUT2D eigenvalue weighted by Gasteiger charge is -2.12. The number of benzene rings is 3. The van der Waals surface area contributed by atoms with Gasteiger partial charge in [0.2, 0.25) is 0 Å². The van der Waals surface area contributed by atoms with Crippen molar-refractivity contribution in [3.63, 3.8) is 0 Å². The van der Waals surface area contributed by atoms with Gasteiger partial charge >= 0.3 is 5.97 Å². The fourth-order valence-electron chi connectivity index (χ4n) is 2.53. The molecule has 0 aliphatic carbocycles. The first-order valence-electron chi connectivity index (χ1n) is 9.34. The Labute approximate surface area is 199 Å². The van der Waals surface area contributed by atoms with Crippen LogP contribution in [0.1, 0.15) is 22.8 Å². The van der Waals surface area contributed by atoms with E-state index >= 15 is 0 Å². The SMILES string of the molecule is CC(Oc1cccc(Cl)c1)C(=O)NN=Cc1cccc(OC(=O)c2ccc(Cl)cc2Cl)c1. The van der Waals surface area contributed by atoms with E-state index in [4.69, 9.17) is 44.3 Å². The predicted molar refractivity (Wildman–Crippen MR) is 125 cm³/mol. The molecule has 1 atom stereocenters. The third kappa shape index (κ3) is 6.72. The number of hydrazone groups is 1. The van der Waals surface area contributed by atoms with Crippen LogP contribution >= 0.6 is 34.8 Å². The van der Waals surface area contributed by atoms with Gasteiger partial charge in [-0.1, -0.05) is 53.0 Å². The van der Waals surface area contributed by atoms with Crippen molar-refractivity contribution < 1.29 is 19.1 Å². The summed E-state index contributed by atoms with van der Waals surface area (Å²) in [5, 5.41) is 5.03. The highest BCUT2D eigenvalue weighted by atomic mass is 35.5. The number of carbonyl (C=O) groups is 2. The molecule has 0 saturated heterocycles. The second-order valence-corrected chi connectivity index (χ2v) is 7.82. The Hall–Kier alpha value is -3.06. The molecular weight excluding hydrogens is 475 g/mol. The summed E-state index contributed by atoms with van der Waals surface area (Å²) in [7, 11) is 0.